The number of nitro groups is 1. The lowest BCUT2D eigenvalue weighted by Crippen LogP contribution is -2.21. The number of hydrogen-bond donors (Lipinski definition) is 0. The van der Waals surface area contributed by atoms with Crippen LogP contribution in [0.25, 0.3) is 11.4 Å². The Labute approximate surface area is 150 Å². The first-order chi connectivity index (χ1) is 11.5. The lowest BCUT2D eigenvalue weighted by atomic mass is 10.2. The van der Waals surface area contributed by atoms with Crippen LogP contribution in [-0.2, 0) is 13.2 Å². The van der Waals surface area contributed by atoms with Gasteiger partial charge in [0.1, 0.15) is 6.33 Å². The lowest BCUT2D eigenvalue weighted by Gasteiger charge is -2.14. The molecule has 0 amide bonds. The predicted molar refractivity (Wildman–Crippen MR) is 95.6 cm³/mol. The minimum Gasteiger partial charge on any atom is -0.282 e. The van der Waals surface area contributed by atoms with E-state index >= 15 is 0 Å². The van der Waals surface area contributed by atoms with Crippen LogP contribution in [0.1, 0.15) is 4.88 Å². The van der Waals surface area contributed by atoms with Crippen molar-refractivity contribution in [3.05, 3.63) is 61.5 Å². The molecule has 0 saturated heterocycles. The van der Waals surface area contributed by atoms with E-state index in [1.165, 1.54) is 17.0 Å². The average molecular weight is 408 g/mol. The van der Waals surface area contributed by atoms with E-state index in [0.717, 1.165) is 15.9 Å². The molecule has 0 atom stereocenters. The predicted octanol–water partition coefficient (Wildman–Crippen LogP) is 3.77. The summed E-state index contributed by atoms with van der Waals surface area (Å²) in [6.45, 7) is 1.43. The summed E-state index contributed by atoms with van der Waals surface area (Å²) in [6.07, 6.45) is 1.66. The Morgan fingerprint density at radius 1 is 1.29 bits per heavy atom. The standard InChI is InChI=1S/C15H14BrN5O2S/c1-19(8-13-6-7-14(16)24-13)10-20-9-17-15(18-20)11-2-4-12(5-3-11)21(22)23/h2-7,9H,8,10H2,1H3. The second-order valence-corrected chi connectivity index (χ2v) is 7.82. The van der Waals surface area contributed by atoms with Crippen molar-refractivity contribution < 1.29 is 4.92 Å². The number of non-ortho nitro benzene ring substituents is 1. The first-order valence-electron chi connectivity index (χ1n) is 7.08. The number of nitro benzene ring substituents is 1. The highest BCUT2D eigenvalue weighted by Gasteiger charge is 2.10. The second-order valence-electron chi connectivity index (χ2n) is 5.27. The summed E-state index contributed by atoms with van der Waals surface area (Å²) in [5.74, 6) is 0.553. The van der Waals surface area contributed by atoms with Crippen molar-refractivity contribution in [1.29, 1.82) is 0 Å². The van der Waals surface area contributed by atoms with Crippen LogP contribution in [0.4, 0.5) is 5.69 Å². The van der Waals surface area contributed by atoms with Gasteiger partial charge in [-0.1, -0.05) is 0 Å². The first kappa shape index (κ1) is 16.7. The molecule has 0 bridgehead atoms. The second kappa shape index (κ2) is 7.20. The zero-order chi connectivity index (χ0) is 17.1. The Morgan fingerprint density at radius 3 is 2.67 bits per heavy atom. The van der Waals surface area contributed by atoms with Gasteiger partial charge in [0.05, 0.1) is 15.4 Å². The van der Waals surface area contributed by atoms with Gasteiger partial charge in [0.2, 0.25) is 0 Å². The van der Waals surface area contributed by atoms with Gasteiger partial charge in [-0.25, -0.2) is 9.67 Å². The van der Waals surface area contributed by atoms with E-state index in [-0.39, 0.29) is 5.69 Å². The van der Waals surface area contributed by atoms with Gasteiger partial charge in [0.15, 0.2) is 5.82 Å². The molecule has 3 rings (SSSR count). The smallest absolute Gasteiger partial charge is 0.269 e. The molecule has 7 nitrogen and oxygen atoms in total. The van der Waals surface area contributed by atoms with Crippen molar-refractivity contribution in [3.63, 3.8) is 0 Å². The molecule has 0 unspecified atom stereocenters. The molecule has 0 aliphatic heterocycles. The first-order valence-corrected chi connectivity index (χ1v) is 8.69. The van der Waals surface area contributed by atoms with Crippen LogP contribution in [0.3, 0.4) is 0 Å². The maximum atomic E-state index is 10.7. The number of thiophene rings is 1. The lowest BCUT2D eigenvalue weighted by molar-refractivity contribution is -0.384. The topological polar surface area (TPSA) is 77.1 Å². The molecule has 0 aliphatic rings. The van der Waals surface area contributed by atoms with Crippen molar-refractivity contribution >= 4 is 33.0 Å². The third-order valence-electron chi connectivity index (χ3n) is 3.31. The Kier molecular flexibility index (Phi) is 5.03. The normalized spacial score (nSPS) is 11.1. The molecule has 0 radical (unpaired) electrons. The molecule has 3 aromatic rings. The molecule has 2 aromatic heterocycles. The van der Waals surface area contributed by atoms with Crippen molar-refractivity contribution in [2.45, 2.75) is 13.2 Å². The minimum absolute atomic E-state index is 0.0556. The minimum atomic E-state index is -0.423. The summed E-state index contributed by atoms with van der Waals surface area (Å²) >= 11 is 5.17. The molecule has 0 saturated carbocycles. The van der Waals surface area contributed by atoms with Crippen LogP contribution in [0.5, 0.6) is 0 Å². The van der Waals surface area contributed by atoms with E-state index < -0.39 is 4.92 Å². The van der Waals surface area contributed by atoms with Crippen LogP contribution < -0.4 is 0 Å². The largest absolute Gasteiger partial charge is 0.282 e. The van der Waals surface area contributed by atoms with Gasteiger partial charge in [-0.2, -0.15) is 0 Å². The average Bonchev–Trinajstić information content (AvgIpc) is 3.16. The van der Waals surface area contributed by atoms with Crippen LogP contribution >= 0.6 is 27.3 Å². The number of hydrogen-bond acceptors (Lipinski definition) is 6. The van der Waals surface area contributed by atoms with Crippen molar-refractivity contribution in [3.8, 4) is 11.4 Å². The van der Waals surface area contributed by atoms with Gasteiger partial charge in [-0.15, -0.1) is 16.4 Å². The Balaban J connectivity index is 1.65. The fourth-order valence-corrected chi connectivity index (χ4v) is 3.79. The van der Waals surface area contributed by atoms with Crippen LogP contribution in [0.15, 0.2) is 46.5 Å². The summed E-state index contributed by atoms with van der Waals surface area (Å²) in [6, 6.07) is 10.4. The molecule has 0 fully saturated rings. The maximum absolute atomic E-state index is 10.7. The number of aromatic nitrogens is 3. The zero-order valence-corrected chi connectivity index (χ0v) is 15.2. The van der Waals surface area contributed by atoms with Gasteiger partial charge in [0, 0.05) is 29.1 Å². The quantitative estimate of drug-likeness (QED) is 0.459. The molecule has 0 spiro atoms. The van der Waals surface area contributed by atoms with E-state index in [1.54, 1.807) is 34.5 Å². The van der Waals surface area contributed by atoms with Gasteiger partial charge in [-0.3, -0.25) is 15.0 Å². The van der Waals surface area contributed by atoms with Crippen molar-refractivity contribution in [2.24, 2.45) is 0 Å². The number of benzene rings is 1. The van der Waals surface area contributed by atoms with Crippen LogP contribution in [-0.4, -0.2) is 31.6 Å². The molecule has 24 heavy (non-hydrogen) atoms. The molecule has 0 N–H and O–H groups in total. The molecule has 9 heteroatoms. The van der Waals surface area contributed by atoms with Crippen molar-refractivity contribution in [2.75, 3.05) is 7.05 Å². The summed E-state index contributed by atoms with van der Waals surface area (Å²) in [5, 5.41) is 15.1. The third-order valence-corrected chi connectivity index (χ3v) is 4.92. The summed E-state index contributed by atoms with van der Waals surface area (Å²) in [4.78, 5) is 17.9. The summed E-state index contributed by atoms with van der Waals surface area (Å²) < 4.78 is 2.87. The molecule has 1 aromatic carbocycles. The summed E-state index contributed by atoms with van der Waals surface area (Å²) in [5.41, 5.74) is 0.809. The highest BCUT2D eigenvalue weighted by molar-refractivity contribution is 9.11. The van der Waals surface area contributed by atoms with Crippen molar-refractivity contribution in [1.82, 2.24) is 19.7 Å². The van der Waals surface area contributed by atoms with Gasteiger partial charge >= 0.3 is 0 Å². The van der Waals surface area contributed by atoms with Gasteiger partial charge < -0.3 is 0 Å². The number of nitrogens with zero attached hydrogens (tertiary/aromatic N) is 5. The Bertz CT molecular complexity index is 846. The fraction of sp³-hybridized carbons (Fsp3) is 0.200. The Hall–Kier alpha value is -2.10. The monoisotopic (exact) mass is 407 g/mol. The molecule has 0 aliphatic carbocycles. The molecular formula is C15H14BrN5O2S. The van der Waals surface area contributed by atoms with E-state index in [0.29, 0.717) is 12.5 Å². The van der Waals surface area contributed by atoms with Crippen LogP contribution in [0.2, 0.25) is 0 Å². The highest BCUT2D eigenvalue weighted by atomic mass is 79.9. The SMILES string of the molecule is CN(Cc1ccc(Br)s1)Cn1cnc(-c2ccc([N+](=O)[O-])cc2)n1. The molecular weight excluding hydrogens is 394 g/mol. The van der Waals surface area contributed by atoms with E-state index in [9.17, 15) is 10.1 Å². The number of halogens is 1. The maximum Gasteiger partial charge on any atom is 0.269 e. The van der Waals surface area contributed by atoms with Gasteiger partial charge in [0.25, 0.3) is 5.69 Å². The molecule has 2 heterocycles. The fourth-order valence-electron chi connectivity index (χ4n) is 2.23. The third kappa shape index (κ3) is 4.05. The zero-order valence-electron chi connectivity index (χ0n) is 12.8. The van der Waals surface area contributed by atoms with E-state index in [2.05, 4.69) is 37.0 Å². The number of rotatable bonds is 6. The van der Waals surface area contributed by atoms with E-state index in [1.807, 2.05) is 13.1 Å². The summed E-state index contributed by atoms with van der Waals surface area (Å²) in [7, 11) is 2.01. The van der Waals surface area contributed by atoms with E-state index in [4.69, 9.17) is 0 Å². The molecule has 124 valence electrons. The Morgan fingerprint density at radius 2 is 2.04 bits per heavy atom. The highest BCUT2D eigenvalue weighted by Crippen LogP contribution is 2.23. The van der Waals surface area contributed by atoms with Crippen LogP contribution in [0, 0.1) is 10.1 Å². The van der Waals surface area contributed by atoms with Gasteiger partial charge in [-0.05, 0) is 47.2 Å².